The van der Waals surface area contributed by atoms with Crippen molar-refractivity contribution in [2.45, 2.75) is 13.3 Å². The molecule has 5 nitrogen and oxygen atoms in total. The highest BCUT2D eigenvalue weighted by Gasteiger charge is 2.23. The van der Waals surface area contributed by atoms with Gasteiger partial charge in [-0.15, -0.1) is 0 Å². The number of nitrogens with zero attached hydrogens (tertiary/aromatic N) is 1. The number of rotatable bonds is 4. The van der Waals surface area contributed by atoms with Crippen LogP contribution in [-0.4, -0.2) is 17.0 Å². The predicted molar refractivity (Wildman–Crippen MR) is 67.2 cm³/mol. The third-order valence-corrected chi connectivity index (χ3v) is 2.75. The van der Waals surface area contributed by atoms with E-state index in [0.29, 0.717) is 6.07 Å². The van der Waals surface area contributed by atoms with Gasteiger partial charge in [-0.05, 0) is 12.5 Å². The summed E-state index contributed by atoms with van der Waals surface area (Å²) in [7, 11) is 0. The Morgan fingerprint density at radius 3 is 2.68 bits per heavy atom. The molecule has 19 heavy (non-hydrogen) atoms. The number of amidine groups is 1. The second kappa shape index (κ2) is 6.33. The van der Waals surface area contributed by atoms with Gasteiger partial charge in [-0.1, -0.05) is 23.7 Å². The molecule has 1 rings (SSSR count). The maximum atomic E-state index is 13.5. The van der Waals surface area contributed by atoms with Crippen molar-refractivity contribution in [2.75, 3.05) is 5.32 Å². The number of halogens is 3. The number of nitrogens with two attached hydrogens (primary N) is 1. The number of amides is 1. The summed E-state index contributed by atoms with van der Waals surface area (Å²) >= 11 is 5.63. The Balaban J connectivity index is 3.00. The van der Waals surface area contributed by atoms with E-state index in [-0.39, 0.29) is 23.0 Å². The Kier molecular flexibility index (Phi) is 5.05. The van der Waals surface area contributed by atoms with E-state index >= 15 is 0 Å². The molecule has 0 aromatic heterocycles. The molecule has 0 saturated carbocycles. The fraction of sp³-hybridized carbons (Fsp3) is 0.273. The molecule has 0 fully saturated rings. The number of anilines is 1. The van der Waals surface area contributed by atoms with Gasteiger partial charge in [0.25, 0.3) is 0 Å². The number of hydrogen-bond acceptors (Lipinski definition) is 3. The standard InChI is InChI=1S/C11H12ClF2N3O2/c1-2-6(10(15)17-19)11(18)16-9-7(12)3-5(13)4-8(9)14/h3-4,6,19H,2H2,1H3,(H2,15,17)(H,16,18). The van der Waals surface area contributed by atoms with Gasteiger partial charge in [0.1, 0.15) is 5.82 Å². The molecular weight excluding hydrogens is 280 g/mol. The highest BCUT2D eigenvalue weighted by molar-refractivity contribution is 6.33. The zero-order valence-corrected chi connectivity index (χ0v) is 10.7. The number of benzene rings is 1. The average molecular weight is 292 g/mol. The third-order valence-electron chi connectivity index (χ3n) is 2.45. The third kappa shape index (κ3) is 3.54. The van der Waals surface area contributed by atoms with Gasteiger partial charge in [-0.25, -0.2) is 8.78 Å². The minimum absolute atomic E-state index is 0.238. The van der Waals surface area contributed by atoms with Crippen LogP contribution < -0.4 is 11.1 Å². The van der Waals surface area contributed by atoms with Crippen LogP contribution in [0.4, 0.5) is 14.5 Å². The molecule has 0 aliphatic rings. The van der Waals surface area contributed by atoms with Crippen molar-refractivity contribution in [1.82, 2.24) is 0 Å². The molecule has 0 aliphatic carbocycles. The highest BCUT2D eigenvalue weighted by atomic mass is 35.5. The molecule has 0 aliphatic heterocycles. The van der Waals surface area contributed by atoms with Crippen LogP contribution >= 0.6 is 11.6 Å². The largest absolute Gasteiger partial charge is 0.409 e. The molecule has 1 aromatic carbocycles. The van der Waals surface area contributed by atoms with E-state index < -0.39 is 23.5 Å². The van der Waals surface area contributed by atoms with Crippen LogP contribution in [0.25, 0.3) is 0 Å². The Labute approximate surface area is 113 Å². The quantitative estimate of drug-likeness (QED) is 0.344. The summed E-state index contributed by atoms with van der Waals surface area (Å²) in [5.41, 5.74) is 4.99. The lowest BCUT2D eigenvalue weighted by atomic mass is 10.0. The van der Waals surface area contributed by atoms with E-state index in [0.717, 1.165) is 6.07 Å². The maximum absolute atomic E-state index is 13.5. The van der Waals surface area contributed by atoms with Crippen molar-refractivity contribution in [3.63, 3.8) is 0 Å². The maximum Gasteiger partial charge on any atom is 0.235 e. The van der Waals surface area contributed by atoms with Gasteiger partial charge in [-0.3, -0.25) is 4.79 Å². The Morgan fingerprint density at radius 2 is 2.21 bits per heavy atom. The first-order chi connectivity index (χ1) is 8.90. The lowest BCUT2D eigenvalue weighted by Crippen LogP contribution is -2.34. The smallest absolute Gasteiger partial charge is 0.235 e. The van der Waals surface area contributed by atoms with Gasteiger partial charge in [0.2, 0.25) is 5.91 Å². The van der Waals surface area contributed by atoms with E-state index in [1.165, 1.54) is 0 Å². The molecule has 1 atom stereocenters. The minimum atomic E-state index is -1.01. The summed E-state index contributed by atoms with van der Waals surface area (Å²) in [6.07, 6.45) is 0.238. The van der Waals surface area contributed by atoms with Crippen LogP contribution in [0.15, 0.2) is 17.3 Å². The molecule has 104 valence electrons. The van der Waals surface area contributed by atoms with Crippen LogP contribution in [0, 0.1) is 17.6 Å². The van der Waals surface area contributed by atoms with Crippen molar-refractivity contribution >= 4 is 29.0 Å². The normalized spacial score (nSPS) is 13.2. The molecule has 1 amide bonds. The number of carbonyl (C=O) groups excluding carboxylic acids is 1. The summed E-state index contributed by atoms with van der Waals surface area (Å²) in [4.78, 5) is 11.8. The Bertz CT molecular complexity index is 500. The SMILES string of the molecule is CCC(C(=O)Nc1c(F)cc(F)cc1Cl)C(N)=NO. The van der Waals surface area contributed by atoms with Gasteiger partial charge in [-0.2, -0.15) is 0 Å². The fourth-order valence-electron chi connectivity index (χ4n) is 1.47. The molecular formula is C11H12ClF2N3O2. The van der Waals surface area contributed by atoms with E-state index in [2.05, 4.69) is 10.5 Å². The van der Waals surface area contributed by atoms with Gasteiger partial charge < -0.3 is 16.3 Å². The number of nitrogens with one attached hydrogen (secondary N) is 1. The van der Waals surface area contributed by atoms with Crippen molar-refractivity contribution < 1.29 is 18.8 Å². The molecule has 0 heterocycles. The van der Waals surface area contributed by atoms with Crippen molar-refractivity contribution in [2.24, 2.45) is 16.8 Å². The highest BCUT2D eigenvalue weighted by Crippen LogP contribution is 2.27. The molecule has 0 saturated heterocycles. The fourth-order valence-corrected chi connectivity index (χ4v) is 1.71. The summed E-state index contributed by atoms with van der Waals surface area (Å²) in [5.74, 6) is -3.81. The van der Waals surface area contributed by atoms with Crippen molar-refractivity contribution in [1.29, 1.82) is 0 Å². The second-order valence-electron chi connectivity index (χ2n) is 3.72. The monoisotopic (exact) mass is 291 g/mol. The van der Waals surface area contributed by atoms with Gasteiger partial charge >= 0.3 is 0 Å². The zero-order valence-electron chi connectivity index (χ0n) is 9.95. The molecule has 1 aromatic rings. The summed E-state index contributed by atoms with van der Waals surface area (Å²) < 4.78 is 26.3. The van der Waals surface area contributed by atoms with Crippen LogP contribution in [0.3, 0.4) is 0 Å². The first-order valence-corrected chi connectivity index (χ1v) is 5.71. The minimum Gasteiger partial charge on any atom is -0.409 e. The summed E-state index contributed by atoms with van der Waals surface area (Å²) in [5, 5.41) is 13.2. The van der Waals surface area contributed by atoms with E-state index in [1.807, 2.05) is 0 Å². The van der Waals surface area contributed by atoms with Gasteiger partial charge in [0.05, 0.1) is 16.6 Å². The molecule has 1 unspecified atom stereocenters. The van der Waals surface area contributed by atoms with Crippen LogP contribution in [0.2, 0.25) is 5.02 Å². The number of oxime groups is 1. The van der Waals surface area contributed by atoms with E-state index in [9.17, 15) is 13.6 Å². The van der Waals surface area contributed by atoms with E-state index in [4.69, 9.17) is 22.5 Å². The zero-order chi connectivity index (χ0) is 14.6. The topological polar surface area (TPSA) is 87.7 Å². The first-order valence-electron chi connectivity index (χ1n) is 5.33. The van der Waals surface area contributed by atoms with Crippen LogP contribution in [0.1, 0.15) is 13.3 Å². The average Bonchev–Trinajstić information content (AvgIpc) is 2.34. The lowest BCUT2D eigenvalue weighted by molar-refractivity contribution is -0.118. The van der Waals surface area contributed by atoms with Crippen LogP contribution in [0.5, 0.6) is 0 Å². The summed E-state index contributed by atoms with van der Waals surface area (Å²) in [6, 6.07) is 1.45. The summed E-state index contributed by atoms with van der Waals surface area (Å²) in [6.45, 7) is 1.63. The van der Waals surface area contributed by atoms with E-state index in [1.54, 1.807) is 6.92 Å². The first kappa shape index (κ1) is 15.2. The molecule has 0 bridgehead atoms. The Morgan fingerprint density at radius 1 is 1.58 bits per heavy atom. The molecule has 8 heteroatoms. The van der Waals surface area contributed by atoms with Gasteiger partial charge in [0.15, 0.2) is 11.7 Å². The predicted octanol–water partition coefficient (Wildman–Crippen LogP) is 2.33. The van der Waals surface area contributed by atoms with Gasteiger partial charge in [0, 0.05) is 6.07 Å². The Hall–Kier alpha value is -1.89. The number of hydrogen-bond donors (Lipinski definition) is 3. The molecule has 0 spiro atoms. The van der Waals surface area contributed by atoms with Crippen molar-refractivity contribution in [3.05, 3.63) is 28.8 Å². The lowest BCUT2D eigenvalue weighted by Gasteiger charge is -2.14. The van der Waals surface area contributed by atoms with Crippen LogP contribution in [-0.2, 0) is 4.79 Å². The van der Waals surface area contributed by atoms with Crippen molar-refractivity contribution in [3.8, 4) is 0 Å². The second-order valence-corrected chi connectivity index (χ2v) is 4.13. The molecule has 0 radical (unpaired) electrons. The number of carbonyl (C=O) groups is 1. The molecule has 4 N–H and O–H groups in total.